The Morgan fingerprint density at radius 2 is 1.91 bits per heavy atom. The van der Waals surface area contributed by atoms with Gasteiger partial charge in [0.25, 0.3) is 5.91 Å². The molecule has 0 aliphatic carbocycles. The van der Waals surface area contributed by atoms with Gasteiger partial charge in [-0.2, -0.15) is 0 Å². The Morgan fingerprint density at radius 3 is 2.67 bits per heavy atom. The van der Waals surface area contributed by atoms with Crippen LogP contribution in [0.3, 0.4) is 0 Å². The van der Waals surface area contributed by atoms with Gasteiger partial charge in [0.2, 0.25) is 11.8 Å². The molecule has 1 atom stereocenters. The van der Waals surface area contributed by atoms with Gasteiger partial charge in [0.05, 0.1) is 25.2 Å². The minimum atomic E-state index is -2.39. The van der Waals surface area contributed by atoms with Gasteiger partial charge in [-0.25, -0.2) is 0 Å². The number of morpholine rings is 1. The molecule has 0 spiro atoms. The number of nitrogens with zero attached hydrogens (tertiary/aromatic N) is 2. The van der Waals surface area contributed by atoms with Crippen molar-refractivity contribution in [1.29, 1.82) is 0 Å². The molecule has 3 amide bonds. The van der Waals surface area contributed by atoms with Crippen LogP contribution in [0, 0.1) is 0 Å². The fourth-order valence-corrected chi connectivity index (χ4v) is 4.31. The summed E-state index contributed by atoms with van der Waals surface area (Å²) < 4.78 is 45.2. The van der Waals surface area contributed by atoms with Crippen LogP contribution in [0.2, 0.25) is 0 Å². The highest BCUT2D eigenvalue weighted by atomic mass is 16.5. The summed E-state index contributed by atoms with van der Waals surface area (Å²) in [6.45, 7) is 0.675. The predicted molar refractivity (Wildman–Crippen MR) is 119 cm³/mol. The van der Waals surface area contributed by atoms with Gasteiger partial charge in [-0.3, -0.25) is 24.6 Å². The molecule has 33 heavy (non-hydrogen) atoms. The van der Waals surface area contributed by atoms with Crippen molar-refractivity contribution in [2.24, 2.45) is 0 Å². The van der Waals surface area contributed by atoms with Crippen LogP contribution in [0.1, 0.15) is 45.4 Å². The van der Waals surface area contributed by atoms with Crippen molar-refractivity contribution in [3.05, 3.63) is 64.7 Å². The number of imide groups is 1. The van der Waals surface area contributed by atoms with E-state index in [0.717, 1.165) is 0 Å². The van der Waals surface area contributed by atoms with Crippen molar-refractivity contribution in [3.63, 3.8) is 0 Å². The topological polar surface area (TPSA) is 88.2 Å². The summed E-state index contributed by atoms with van der Waals surface area (Å²) in [5.74, 6) is -1.15. The highest BCUT2D eigenvalue weighted by Crippen LogP contribution is 2.34. The molecule has 172 valence electrons. The lowest BCUT2D eigenvalue weighted by molar-refractivity contribution is -0.136. The van der Waals surface area contributed by atoms with Crippen LogP contribution in [0.4, 0.5) is 0 Å². The first-order valence-electron chi connectivity index (χ1n) is 13.0. The quantitative estimate of drug-likeness (QED) is 0.672. The van der Waals surface area contributed by atoms with E-state index >= 15 is 0 Å². The summed E-state index contributed by atoms with van der Waals surface area (Å²) >= 11 is 0. The number of amides is 3. The normalized spacial score (nSPS) is 23.3. The largest absolute Gasteiger partial charge is 0.489 e. The highest BCUT2D eigenvalue weighted by molar-refractivity contribution is 6.05. The van der Waals surface area contributed by atoms with Crippen LogP contribution < -0.4 is 10.1 Å². The molecule has 1 N–H and O–H groups in total. The minimum Gasteiger partial charge on any atom is -0.489 e. The summed E-state index contributed by atoms with van der Waals surface area (Å²) in [6, 6.07) is 6.78. The van der Waals surface area contributed by atoms with Crippen LogP contribution in [0.5, 0.6) is 5.75 Å². The maximum absolute atomic E-state index is 13.1. The van der Waals surface area contributed by atoms with Gasteiger partial charge in [0, 0.05) is 37.2 Å². The lowest BCUT2D eigenvalue weighted by atomic mass is 10.0. The fourth-order valence-electron chi connectivity index (χ4n) is 4.31. The van der Waals surface area contributed by atoms with Gasteiger partial charge in [0.1, 0.15) is 18.4 Å². The molecule has 8 nitrogen and oxygen atoms in total. The second-order valence-electron chi connectivity index (χ2n) is 8.29. The van der Waals surface area contributed by atoms with E-state index < -0.39 is 18.5 Å². The molecular weight excluding hydrogens is 422 g/mol. The molecular formula is C25H27N3O5. The molecule has 2 aromatic carbocycles. The third-order valence-electron chi connectivity index (χ3n) is 6.11. The van der Waals surface area contributed by atoms with E-state index in [4.69, 9.17) is 15.0 Å². The summed E-state index contributed by atoms with van der Waals surface area (Å²) in [4.78, 5) is 40.4. The molecule has 3 aliphatic rings. The number of benzene rings is 2. The molecule has 2 aromatic rings. The summed E-state index contributed by atoms with van der Waals surface area (Å²) in [7, 11) is 0. The zero-order valence-corrected chi connectivity index (χ0v) is 18.1. The van der Waals surface area contributed by atoms with Crippen LogP contribution in [0.25, 0.3) is 0 Å². The standard InChI is InChI=1S/C25H27N3O5/c29-23-9-8-21(24(30)26-23)28-15-20-19(25(28)31)2-1-3-22(20)33-16-18-6-4-17(5-7-18)14-27-10-12-32-13-11-27/h1-7,21H,8-16H2,(H,26,29,30)/i4D,5D,16D2. The Bertz CT molecular complexity index is 1240. The molecule has 0 saturated carbocycles. The Labute approximate surface area is 198 Å². The Balaban J connectivity index is 1.37. The third kappa shape index (κ3) is 4.62. The third-order valence-corrected chi connectivity index (χ3v) is 6.11. The fraction of sp³-hybridized carbons (Fsp3) is 0.400. The molecule has 0 aromatic heterocycles. The number of hydrogen-bond acceptors (Lipinski definition) is 6. The second-order valence-corrected chi connectivity index (χ2v) is 8.29. The monoisotopic (exact) mass is 453 g/mol. The van der Waals surface area contributed by atoms with Gasteiger partial charge in [0.15, 0.2) is 0 Å². The van der Waals surface area contributed by atoms with Gasteiger partial charge in [-0.1, -0.05) is 30.3 Å². The smallest absolute Gasteiger partial charge is 0.255 e. The van der Waals surface area contributed by atoms with E-state index in [1.165, 1.54) is 17.0 Å². The summed E-state index contributed by atoms with van der Waals surface area (Å²) in [6.07, 6.45) is 0.353. The van der Waals surface area contributed by atoms with Crippen molar-refractivity contribution >= 4 is 17.7 Å². The molecule has 3 heterocycles. The Morgan fingerprint density at radius 1 is 1.12 bits per heavy atom. The second kappa shape index (κ2) is 9.33. The first kappa shape index (κ1) is 17.3. The molecule has 2 saturated heterocycles. The van der Waals surface area contributed by atoms with E-state index in [1.54, 1.807) is 18.2 Å². The average molecular weight is 454 g/mol. The van der Waals surface area contributed by atoms with Gasteiger partial charge >= 0.3 is 0 Å². The Hall–Kier alpha value is -3.23. The predicted octanol–water partition coefficient (Wildman–Crippen LogP) is 1.86. The molecule has 0 radical (unpaired) electrons. The van der Waals surface area contributed by atoms with Crippen LogP contribution in [-0.4, -0.2) is 59.9 Å². The maximum Gasteiger partial charge on any atom is 0.255 e. The molecule has 8 heteroatoms. The van der Waals surface area contributed by atoms with Crippen molar-refractivity contribution in [2.45, 2.75) is 38.5 Å². The van der Waals surface area contributed by atoms with Crippen LogP contribution in [-0.2, 0) is 34.0 Å². The lowest BCUT2D eigenvalue weighted by Crippen LogP contribution is -2.52. The summed E-state index contributed by atoms with van der Waals surface area (Å²) in [5, 5.41) is 2.26. The first-order valence-corrected chi connectivity index (χ1v) is 11.0. The van der Waals surface area contributed by atoms with Crippen molar-refractivity contribution in [2.75, 3.05) is 26.3 Å². The summed E-state index contributed by atoms with van der Waals surface area (Å²) in [5.41, 5.74) is 1.29. The average Bonchev–Trinajstić information content (AvgIpc) is 3.19. The van der Waals surface area contributed by atoms with Crippen molar-refractivity contribution < 1.29 is 29.3 Å². The van der Waals surface area contributed by atoms with Crippen LogP contribution in [0.15, 0.2) is 42.4 Å². The molecule has 3 aliphatic heterocycles. The minimum absolute atomic E-state index is 0.0252. The van der Waals surface area contributed by atoms with E-state index in [-0.39, 0.29) is 54.6 Å². The number of piperidine rings is 1. The van der Waals surface area contributed by atoms with Crippen LogP contribution >= 0.6 is 0 Å². The maximum atomic E-state index is 13.1. The number of hydrogen-bond donors (Lipinski definition) is 1. The van der Waals surface area contributed by atoms with Gasteiger partial charge in [-0.15, -0.1) is 0 Å². The zero-order chi connectivity index (χ0) is 26.3. The van der Waals surface area contributed by atoms with Crippen molar-refractivity contribution in [3.8, 4) is 5.75 Å². The molecule has 1 unspecified atom stereocenters. The number of ether oxygens (including phenoxy) is 2. The first-order chi connectivity index (χ1) is 17.6. The molecule has 2 fully saturated rings. The van der Waals surface area contributed by atoms with E-state index in [1.807, 2.05) is 0 Å². The number of rotatable bonds is 6. The number of nitrogens with one attached hydrogen (secondary N) is 1. The Kier molecular flexibility index (Phi) is 4.88. The highest BCUT2D eigenvalue weighted by Gasteiger charge is 2.40. The number of carbonyl (C=O) groups is 3. The SMILES string of the molecule is [2H]c1cc(C([2H])([2H])Oc2cccc3c2CN(C2CCC(=O)NC2=O)C3=O)cc([2H])c1CN1CCOCC1. The van der Waals surface area contributed by atoms with Gasteiger partial charge < -0.3 is 14.4 Å². The van der Waals surface area contributed by atoms with E-state index in [2.05, 4.69) is 10.2 Å². The lowest BCUT2D eigenvalue weighted by Gasteiger charge is -2.29. The van der Waals surface area contributed by atoms with Crippen molar-refractivity contribution in [1.82, 2.24) is 15.1 Å². The van der Waals surface area contributed by atoms with Gasteiger partial charge in [-0.05, 0) is 29.7 Å². The molecule has 0 bridgehead atoms. The van der Waals surface area contributed by atoms with E-state index in [0.29, 0.717) is 49.5 Å². The zero-order valence-electron chi connectivity index (χ0n) is 22.1. The number of fused-ring (bicyclic) bond motifs is 1. The molecule has 5 rings (SSSR count). The number of carbonyl (C=O) groups excluding carboxylic acids is 3. The van der Waals surface area contributed by atoms with E-state index in [9.17, 15) is 14.4 Å².